The van der Waals surface area contributed by atoms with E-state index in [2.05, 4.69) is 0 Å². The molecule has 0 bridgehead atoms. The lowest BCUT2D eigenvalue weighted by molar-refractivity contribution is -0.384. The summed E-state index contributed by atoms with van der Waals surface area (Å²) in [7, 11) is 0. The first-order chi connectivity index (χ1) is 11.5. The van der Waals surface area contributed by atoms with Gasteiger partial charge < -0.3 is 9.47 Å². The molecule has 0 unspecified atom stereocenters. The topological polar surface area (TPSA) is 95.7 Å². The summed E-state index contributed by atoms with van der Waals surface area (Å²) in [5.41, 5.74) is 0.344. The van der Waals surface area contributed by atoms with Gasteiger partial charge in [-0.1, -0.05) is 12.1 Å². The predicted octanol–water partition coefficient (Wildman–Crippen LogP) is 3.03. The van der Waals surface area contributed by atoms with Gasteiger partial charge in [-0.25, -0.2) is 4.79 Å². The van der Waals surface area contributed by atoms with Crippen molar-refractivity contribution in [3.8, 4) is 5.75 Å². The molecule has 0 aliphatic carbocycles. The Balaban J connectivity index is 2.01. The highest BCUT2D eigenvalue weighted by atomic mass is 16.6. The van der Waals surface area contributed by atoms with Crippen molar-refractivity contribution in [1.29, 1.82) is 0 Å². The fourth-order valence-corrected chi connectivity index (χ4v) is 1.98. The number of ether oxygens (including phenoxy) is 2. The number of hydrogen-bond donors (Lipinski definition) is 0. The molecule has 2 rings (SSSR count). The minimum atomic E-state index is -0.672. The van der Waals surface area contributed by atoms with Crippen molar-refractivity contribution in [3.05, 3.63) is 69.8 Å². The number of hydrogen-bond acceptors (Lipinski definition) is 6. The van der Waals surface area contributed by atoms with Gasteiger partial charge in [0, 0.05) is 17.7 Å². The Kier molecular flexibility index (Phi) is 5.62. The van der Waals surface area contributed by atoms with Crippen molar-refractivity contribution in [1.82, 2.24) is 0 Å². The molecule has 0 heterocycles. The molecule has 124 valence electrons. The van der Waals surface area contributed by atoms with Gasteiger partial charge in [-0.2, -0.15) is 0 Å². The van der Waals surface area contributed by atoms with Gasteiger partial charge in [-0.15, -0.1) is 0 Å². The van der Waals surface area contributed by atoms with Crippen LogP contribution in [0.4, 0.5) is 5.69 Å². The van der Waals surface area contributed by atoms with Crippen molar-refractivity contribution < 1.29 is 24.0 Å². The summed E-state index contributed by atoms with van der Waals surface area (Å²) in [5.74, 6) is -0.741. The quantitative estimate of drug-likeness (QED) is 0.335. The lowest BCUT2D eigenvalue weighted by atomic mass is 10.1. The summed E-state index contributed by atoms with van der Waals surface area (Å²) in [6.45, 7) is 1.73. The second kappa shape index (κ2) is 7.87. The third-order valence-corrected chi connectivity index (χ3v) is 3.14. The Morgan fingerprint density at radius 3 is 2.38 bits per heavy atom. The zero-order chi connectivity index (χ0) is 17.5. The fourth-order valence-electron chi connectivity index (χ4n) is 1.98. The molecule has 2 aromatic carbocycles. The molecule has 0 aliphatic heterocycles. The zero-order valence-corrected chi connectivity index (χ0v) is 12.9. The van der Waals surface area contributed by atoms with Gasteiger partial charge in [0.15, 0.2) is 12.4 Å². The Morgan fingerprint density at radius 2 is 1.75 bits per heavy atom. The average Bonchev–Trinajstić information content (AvgIpc) is 2.60. The number of esters is 1. The highest BCUT2D eigenvalue weighted by Crippen LogP contribution is 2.19. The molecule has 0 N–H and O–H groups in total. The fraction of sp³-hybridized carbons (Fsp3) is 0.176. The summed E-state index contributed by atoms with van der Waals surface area (Å²) in [4.78, 5) is 34.1. The molecule has 0 fully saturated rings. The van der Waals surface area contributed by atoms with Gasteiger partial charge >= 0.3 is 5.97 Å². The minimum Gasteiger partial charge on any atom is -0.493 e. The first-order valence-corrected chi connectivity index (χ1v) is 7.19. The molecule has 0 aromatic heterocycles. The zero-order valence-electron chi connectivity index (χ0n) is 12.9. The van der Waals surface area contributed by atoms with Crippen LogP contribution in [0.2, 0.25) is 0 Å². The smallest absolute Gasteiger partial charge is 0.342 e. The van der Waals surface area contributed by atoms with Gasteiger partial charge in [0.2, 0.25) is 0 Å². The number of benzene rings is 2. The number of Topliss-reactive ketones (excluding diaryl/α,β-unsaturated/α-hetero) is 1. The molecule has 24 heavy (non-hydrogen) atoms. The molecule has 0 atom stereocenters. The molecule has 2 aromatic rings. The highest BCUT2D eigenvalue weighted by Gasteiger charge is 2.16. The Labute approximate surface area is 138 Å². The summed E-state index contributed by atoms with van der Waals surface area (Å²) >= 11 is 0. The number of rotatable bonds is 7. The number of nitro groups is 1. The molecule has 7 nitrogen and oxygen atoms in total. The standard InChI is InChI=1S/C17H15NO6/c1-2-23-16-6-4-3-5-14(16)17(20)24-11-15(19)12-7-9-13(10-8-12)18(21)22/h3-10H,2,11H2,1H3. The molecule has 0 aliphatic rings. The van der Waals surface area contributed by atoms with Crippen LogP contribution < -0.4 is 4.74 Å². The number of para-hydroxylation sites is 1. The molecule has 0 spiro atoms. The molecular formula is C17H15NO6. The van der Waals surface area contributed by atoms with Gasteiger partial charge in [0.1, 0.15) is 11.3 Å². The van der Waals surface area contributed by atoms with E-state index in [0.717, 1.165) is 0 Å². The van der Waals surface area contributed by atoms with Crippen molar-refractivity contribution in [3.63, 3.8) is 0 Å². The summed E-state index contributed by atoms with van der Waals surface area (Å²) in [5, 5.41) is 10.6. The van der Waals surface area contributed by atoms with E-state index in [1.807, 2.05) is 0 Å². The van der Waals surface area contributed by atoms with E-state index in [4.69, 9.17) is 9.47 Å². The predicted molar refractivity (Wildman–Crippen MR) is 85.3 cm³/mol. The number of nitrogens with zero attached hydrogens (tertiary/aromatic N) is 1. The van der Waals surface area contributed by atoms with E-state index in [0.29, 0.717) is 12.4 Å². The second-order valence-corrected chi connectivity index (χ2v) is 4.73. The maximum Gasteiger partial charge on any atom is 0.342 e. The van der Waals surface area contributed by atoms with Crippen molar-refractivity contribution in [2.75, 3.05) is 13.2 Å². The number of carbonyl (C=O) groups is 2. The van der Waals surface area contributed by atoms with Crippen LogP contribution in [-0.4, -0.2) is 29.9 Å². The normalized spacial score (nSPS) is 10.0. The van der Waals surface area contributed by atoms with E-state index < -0.39 is 23.3 Å². The maximum absolute atomic E-state index is 12.1. The van der Waals surface area contributed by atoms with Crippen LogP contribution in [0.1, 0.15) is 27.6 Å². The van der Waals surface area contributed by atoms with E-state index in [1.165, 1.54) is 24.3 Å². The summed E-state index contributed by atoms with van der Waals surface area (Å²) < 4.78 is 10.3. The Bertz CT molecular complexity index is 754. The molecule has 0 radical (unpaired) electrons. The van der Waals surface area contributed by atoms with Crippen LogP contribution in [0.15, 0.2) is 48.5 Å². The number of non-ortho nitro benzene ring substituents is 1. The van der Waals surface area contributed by atoms with E-state index >= 15 is 0 Å². The second-order valence-electron chi connectivity index (χ2n) is 4.73. The number of nitro benzene ring substituents is 1. The van der Waals surface area contributed by atoms with Crippen molar-refractivity contribution >= 4 is 17.4 Å². The third-order valence-electron chi connectivity index (χ3n) is 3.14. The monoisotopic (exact) mass is 329 g/mol. The van der Waals surface area contributed by atoms with E-state index in [9.17, 15) is 19.7 Å². The average molecular weight is 329 g/mol. The number of ketones is 1. The first kappa shape index (κ1) is 17.1. The van der Waals surface area contributed by atoms with Crippen LogP contribution in [-0.2, 0) is 4.74 Å². The maximum atomic E-state index is 12.1. The van der Waals surface area contributed by atoms with Crippen LogP contribution in [0.25, 0.3) is 0 Å². The van der Waals surface area contributed by atoms with Gasteiger partial charge in [-0.05, 0) is 31.2 Å². The van der Waals surface area contributed by atoms with Gasteiger partial charge in [-0.3, -0.25) is 14.9 Å². The van der Waals surface area contributed by atoms with Gasteiger partial charge in [0.25, 0.3) is 5.69 Å². The largest absolute Gasteiger partial charge is 0.493 e. The summed E-state index contributed by atoms with van der Waals surface area (Å²) in [6, 6.07) is 11.7. The molecule has 0 saturated carbocycles. The molecule has 7 heteroatoms. The lowest BCUT2D eigenvalue weighted by Gasteiger charge is -2.09. The van der Waals surface area contributed by atoms with Crippen molar-refractivity contribution in [2.45, 2.75) is 6.92 Å². The van der Waals surface area contributed by atoms with E-state index in [-0.39, 0.29) is 16.8 Å². The van der Waals surface area contributed by atoms with Crippen molar-refractivity contribution in [2.24, 2.45) is 0 Å². The van der Waals surface area contributed by atoms with E-state index in [1.54, 1.807) is 31.2 Å². The third kappa shape index (κ3) is 4.16. The van der Waals surface area contributed by atoms with Crippen LogP contribution in [0, 0.1) is 10.1 Å². The van der Waals surface area contributed by atoms with Crippen LogP contribution in [0.5, 0.6) is 5.75 Å². The molecular weight excluding hydrogens is 314 g/mol. The highest BCUT2D eigenvalue weighted by molar-refractivity contribution is 6.00. The SMILES string of the molecule is CCOc1ccccc1C(=O)OCC(=O)c1ccc([N+](=O)[O-])cc1. The van der Waals surface area contributed by atoms with Crippen LogP contribution >= 0.6 is 0 Å². The Morgan fingerprint density at radius 1 is 1.08 bits per heavy atom. The minimum absolute atomic E-state index is 0.116. The first-order valence-electron chi connectivity index (χ1n) is 7.19. The molecule has 0 amide bonds. The lowest BCUT2D eigenvalue weighted by Crippen LogP contribution is -2.15. The summed E-state index contributed by atoms with van der Waals surface area (Å²) in [6.07, 6.45) is 0. The molecule has 0 saturated heterocycles. The number of carbonyl (C=O) groups excluding carboxylic acids is 2. The van der Waals surface area contributed by atoms with Crippen LogP contribution in [0.3, 0.4) is 0 Å². The Hall–Kier alpha value is -3.22. The van der Waals surface area contributed by atoms with Gasteiger partial charge in [0.05, 0.1) is 11.5 Å².